The summed E-state index contributed by atoms with van der Waals surface area (Å²) in [5.74, 6) is 0. The maximum Gasteiger partial charge on any atom is 1.00 e. The van der Waals surface area contributed by atoms with Crippen LogP contribution in [0.1, 0.15) is 58.3 Å². The molecule has 0 aromatic rings. The van der Waals surface area contributed by atoms with Crippen molar-refractivity contribution in [3.8, 4) is 0 Å². The first-order chi connectivity index (χ1) is 5.41. The quantitative estimate of drug-likeness (QED) is 0.379. The second-order valence-electron chi connectivity index (χ2n) is 3.22. The molecule has 0 aliphatic carbocycles. The zero-order valence-electron chi connectivity index (χ0n) is 8.86. The summed E-state index contributed by atoms with van der Waals surface area (Å²) in [7, 11) is 0. The molecule has 0 unspecified atom stereocenters. The van der Waals surface area contributed by atoms with E-state index in [0.717, 1.165) is 6.42 Å². The molecule has 0 aliphatic heterocycles. The molecule has 68 valence electrons. The van der Waals surface area contributed by atoms with Gasteiger partial charge in [0.1, 0.15) is 0 Å². The average Bonchev–Trinajstić information content (AvgIpc) is 2.03. The molecule has 0 aromatic carbocycles. The molecular weight excluding hydrogens is 141 g/mol. The number of hydrogen-bond donors (Lipinski definition) is 0. The van der Waals surface area contributed by atoms with Crippen molar-refractivity contribution in [3.05, 3.63) is 5.73 Å². The molecule has 0 atom stereocenters. The summed E-state index contributed by atoms with van der Waals surface area (Å²) < 4.78 is 0. The van der Waals surface area contributed by atoms with E-state index < -0.39 is 0 Å². The Balaban J connectivity index is 0. The minimum absolute atomic E-state index is 0. The van der Waals surface area contributed by atoms with Gasteiger partial charge in [0.05, 0.1) is 0 Å². The van der Waals surface area contributed by atoms with Crippen molar-refractivity contribution in [1.82, 2.24) is 0 Å². The van der Waals surface area contributed by atoms with Crippen molar-refractivity contribution in [2.24, 2.45) is 0 Å². The van der Waals surface area contributed by atoms with E-state index in [1.54, 1.807) is 0 Å². The summed E-state index contributed by atoms with van der Waals surface area (Å²) in [5.41, 5.74) is 6.95. The van der Waals surface area contributed by atoms with E-state index in [-0.39, 0.29) is 18.9 Å². The summed E-state index contributed by atoms with van der Waals surface area (Å²) >= 11 is 0. The molecule has 12 heavy (non-hydrogen) atoms. The molecule has 0 aliphatic rings. The molecule has 1 N–H and O–H groups in total. The Bertz CT molecular complexity index is 58.9. The Hall–Kier alpha value is 0.557. The predicted octanol–water partition coefficient (Wildman–Crippen LogP) is 1.18. The monoisotopic (exact) mass is 163 g/mol. The summed E-state index contributed by atoms with van der Waals surface area (Å²) in [6.07, 6.45) is 10.7. The van der Waals surface area contributed by atoms with Crippen molar-refractivity contribution in [3.63, 3.8) is 0 Å². The van der Waals surface area contributed by atoms with Gasteiger partial charge in [0, 0.05) is 0 Å². The second-order valence-corrected chi connectivity index (χ2v) is 3.22. The van der Waals surface area contributed by atoms with Gasteiger partial charge in [-0.25, -0.2) is 0 Å². The predicted molar refractivity (Wildman–Crippen MR) is 51.8 cm³/mol. The van der Waals surface area contributed by atoms with Crippen LogP contribution in [-0.2, 0) is 0 Å². The minimum atomic E-state index is 0. The number of rotatable bonds is 8. The molecule has 0 heterocycles. The fraction of sp³-hybridized carbons (Fsp3) is 1.00. The van der Waals surface area contributed by atoms with Gasteiger partial charge in [0.25, 0.3) is 0 Å². The molecule has 1 nitrogen and oxygen atoms in total. The molecular formula is C10H22LiN. The van der Waals surface area contributed by atoms with Gasteiger partial charge < -0.3 is 5.73 Å². The third-order valence-electron chi connectivity index (χ3n) is 2.03. The maximum atomic E-state index is 6.95. The molecule has 0 bridgehead atoms. The topological polar surface area (TPSA) is 23.8 Å². The van der Waals surface area contributed by atoms with Crippen LogP contribution in [0, 0.1) is 0 Å². The Kier molecular flexibility index (Phi) is 17.7. The van der Waals surface area contributed by atoms with E-state index >= 15 is 0 Å². The molecule has 0 spiro atoms. The number of nitrogens with one attached hydrogen (secondary N) is 1. The zero-order chi connectivity index (χ0) is 8.36. The largest absolute Gasteiger partial charge is 1.00 e. The van der Waals surface area contributed by atoms with Crippen LogP contribution in [0.2, 0.25) is 0 Å². The molecule has 0 amide bonds. The molecule has 0 fully saturated rings. The smallest absolute Gasteiger partial charge is 0.677 e. The van der Waals surface area contributed by atoms with Crippen LogP contribution in [0.25, 0.3) is 5.73 Å². The fourth-order valence-corrected chi connectivity index (χ4v) is 1.26. The Morgan fingerprint density at radius 1 is 0.750 bits per heavy atom. The zero-order valence-corrected chi connectivity index (χ0v) is 8.86. The van der Waals surface area contributed by atoms with Crippen LogP contribution >= 0.6 is 0 Å². The van der Waals surface area contributed by atoms with Crippen LogP contribution in [0.4, 0.5) is 0 Å². The number of unbranched alkanes of at least 4 members (excludes halogenated alkanes) is 7. The average molecular weight is 163 g/mol. The van der Waals surface area contributed by atoms with Crippen molar-refractivity contribution in [1.29, 1.82) is 0 Å². The van der Waals surface area contributed by atoms with Crippen molar-refractivity contribution in [2.75, 3.05) is 6.54 Å². The molecule has 0 rings (SSSR count). The van der Waals surface area contributed by atoms with Gasteiger partial charge in [-0.2, -0.15) is 6.54 Å². The van der Waals surface area contributed by atoms with Gasteiger partial charge in [-0.05, 0) is 0 Å². The fourth-order valence-electron chi connectivity index (χ4n) is 1.26. The molecule has 0 saturated carbocycles. The van der Waals surface area contributed by atoms with Gasteiger partial charge in [0.2, 0.25) is 0 Å². The van der Waals surface area contributed by atoms with Crippen LogP contribution in [0.3, 0.4) is 0 Å². The summed E-state index contributed by atoms with van der Waals surface area (Å²) in [5, 5.41) is 0. The first kappa shape index (κ1) is 15.0. The van der Waals surface area contributed by atoms with Crippen LogP contribution in [-0.4, -0.2) is 6.54 Å². The van der Waals surface area contributed by atoms with E-state index in [4.69, 9.17) is 5.73 Å². The third-order valence-corrected chi connectivity index (χ3v) is 2.03. The first-order valence-electron chi connectivity index (χ1n) is 5.06. The minimum Gasteiger partial charge on any atom is -0.677 e. The maximum absolute atomic E-state index is 6.95. The van der Waals surface area contributed by atoms with Gasteiger partial charge in [-0.1, -0.05) is 58.3 Å². The molecule has 0 aromatic heterocycles. The Morgan fingerprint density at radius 2 is 1.17 bits per heavy atom. The first-order valence-corrected chi connectivity index (χ1v) is 5.06. The number of hydrogen-bond acceptors (Lipinski definition) is 0. The van der Waals surface area contributed by atoms with Gasteiger partial charge in [0.15, 0.2) is 0 Å². The Morgan fingerprint density at radius 3 is 1.58 bits per heavy atom. The SMILES string of the molecule is CCCCCCCCCC[NH-].[Li+]. The molecule has 0 saturated heterocycles. The summed E-state index contributed by atoms with van der Waals surface area (Å²) in [4.78, 5) is 0. The van der Waals surface area contributed by atoms with Crippen molar-refractivity contribution < 1.29 is 18.9 Å². The van der Waals surface area contributed by atoms with E-state index in [1.165, 1.54) is 44.9 Å². The van der Waals surface area contributed by atoms with Gasteiger partial charge in [-0.3, -0.25) is 0 Å². The third kappa shape index (κ3) is 13.2. The van der Waals surface area contributed by atoms with Gasteiger partial charge in [-0.15, -0.1) is 0 Å². The second kappa shape index (κ2) is 14.1. The normalized spacial score (nSPS) is 9.50. The van der Waals surface area contributed by atoms with E-state index in [0.29, 0.717) is 6.54 Å². The van der Waals surface area contributed by atoms with Crippen LogP contribution < -0.4 is 18.9 Å². The van der Waals surface area contributed by atoms with Crippen LogP contribution in [0.5, 0.6) is 0 Å². The van der Waals surface area contributed by atoms with Crippen molar-refractivity contribution in [2.45, 2.75) is 58.3 Å². The summed E-state index contributed by atoms with van der Waals surface area (Å²) in [6, 6.07) is 0. The van der Waals surface area contributed by atoms with Crippen molar-refractivity contribution >= 4 is 0 Å². The van der Waals surface area contributed by atoms with E-state index in [2.05, 4.69) is 6.92 Å². The van der Waals surface area contributed by atoms with Crippen LogP contribution in [0.15, 0.2) is 0 Å². The van der Waals surface area contributed by atoms with Gasteiger partial charge >= 0.3 is 18.9 Å². The molecule has 0 radical (unpaired) electrons. The van der Waals surface area contributed by atoms with E-state index in [1.807, 2.05) is 0 Å². The Labute approximate surface area is 89.7 Å². The molecule has 2 heteroatoms. The summed E-state index contributed by atoms with van der Waals surface area (Å²) in [6.45, 7) is 2.87. The van der Waals surface area contributed by atoms with E-state index in [9.17, 15) is 0 Å². The standard InChI is InChI=1S/C10H22N.Li/c1-2-3-4-5-6-7-8-9-10-11;/h11H,2-10H2,1H3;/q-1;+1.